The second kappa shape index (κ2) is 7.25. The first-order valence-corrected chi connectivity index (χ1v) is 7.71. The number of methoxy groups -OCH3 is 1. The molecular formula is C17H27NO3. The van der Waals surface area contributed by atoms with E-state index in [4.69, 9.17) is 9.47 Å². The average Bonchev–Trinajstić information content (AvgIpc) is 2.48. The van der Waals surface area contributed by atoms with E-state index < -0.39 is 5.60 Å². The van der Waals surface area contributed by atoms with E-state index in [0.29, 0.717) is 38.5 Å². The number of nitrogens with one attached hydrogen (secondary N) is 1. The van der Waals surface area contributed by atoms with Crippen molar-refractivity contribution in [2.45, 2.75) is 38.3 Å². The van der Waals surface area contributed by atoms with Crippen LogP contribution >= 0.6 is 0 Å². The van der Waals surface area contributed by atoms with Gasteiger partial charge in [-0.2, -0.15) is 0 Å². The molecule has 0 bridgehead atoms. The third-order valence-electron chi connectivity index (χ3n) is 4.22. The molecule has 0 aromatic heterocycles. The quantitative estimate of drug-likeness (QED) is 0.846. The summed E-state index contributed by atoms with van der Waals surface area (Å²) in [6.45, 7) is 6.28. The average molecular weight is 293 g/mol. The Morgan fingerprint density at radius 1 is 1.24 bits per heavy atom. The van der Waals surface area contributed by atoms with Gasteiger partial charge in [-0.25, -0.2) is 0 Å². The molecular weight excluding hydrogens is 266 g/mol. The van der Waals surface area contributed by atoms with E-state index in [0.717, 1.165) is 5.75 Å². The molecule has 1 aliphatic heterocycles. The van der Waals surface area contributed by atoms with E-state index in [2.05, 4.69) is 31.3 Å². The summed E-state index contributed by atoms with van der Waals surface area (Å²) in [5.74, 6) is 1.31. The molecule has 0 amide bonds. The van der Waals surface area contributed by atoms with Crippen LogP contribution in [0, 0.1) is 5.92 Å². The minimum atomic E-state index is -0.641. The molecule has 118 valence electrons. The Hall–Kier alpha value is -1.10. The highest BCUT2D eigenvalue weighted by molar-refractivity contribution is 5.29. The van der Waals surface area contributed by atoms with Crippen molar-refractivity contribution in [1.29, 1.82) is 0 Å². The van der Waals surface area contributed by atoms with Gasteiger partial charge in [-0.15, -0.1) is 0 Å². The Bertz CT molecular complexity index is 424. The van der Waals surface area contributed by atoms with E-state index in [1.807, 2.05) is 12.1 Å². The van der Waals surface area contributed by atoms with Crippen LogP contribution in [0.3, 0.4) is 0 Å². The Balaban J connectivity index is 2.01. The number of hydrogen-bond donors (Lipinski definition) is 2. The first-order valence-electron chi connectivity index (χ1n) is 7.71. The van der Waals surface area contributed by atoms with Crippen molar-refractivity contribution in [2.24, 2.45) is 5.92 Å². The highest BCUT2D eigenvalue weighted by atomic mass is 16.5. The molecule has 1 saturated heterocycles. The van der Waals surface area contributed by atoms with Crippen LogP contribution in [0.5, 0.6) is 5.75 Å². The highest BCUT2D eigenvalue weighted by Gasteiger charge is 2.30. The van der Waals surface area contributed by atoms with Crippen molar-refractivity contribution in [3.05, 3.63) is 29.8 Å². The minimum Gasteiger partial charge on any atom is -0.497 e. The van der Waals surface area contributed by atoms with Crippen LogP contribution in [0.2, 0.25) is 0 Å². The molecule has 1 heterocycles. The molecule has 1 aliphatic rings. The Morgan fingerprint density at radius 2 is 1.86 bits per heavy atom. The number of hydrogen-bond acceptors (Lipinski definition) is 4. The number of benzene rings is 1. The maximum atomic E-state index is 10.6. The molecule has 1 aromatic rings. The second-order valence-corrected chi connectivity index (χ2v) is 6.21. The summed E-state index contributed by atoms with van der Waals surface area (Å²) in [6.07, 6.45) is 1.40. The molecule has 4 heteroatoms. The van der Waals surface area contributed by atoms with Crippen molar-refractivity contribution in [2.75, 3.05) is 26.9 Å². The molecule has 0 radical (unpaired) electrons. The van der Waals surface area contributed by atoms with Gasteiger partial charge >= 0.3 is 0 Å². The van der Waals surface area contributed by atoms with Gasteiger partial charge in [-0.3, -0.25) is 0 Å². The van der Waals surface area contributed by atoms with Gasteiger partial charge in [0.2, 0.25) is 0 Å². The molecule has 21 heavy (non-hydrogen) atoms. The van der Waals surface area contributed by atoms with Crippen LogP contribution in [0.1, 0.15) is 38.3 Å². The van der Waals surface area contributed by atoms with Crippen molar-refractivity contribution < 1.29 is 14.6 Å². The maximum absolute atomic E-state index is 10.6. The van der Waals surface area contributed by atoms with Crippen molar-refractivity contribution in [3.8, 4) is 5.75 Å². The van der Waals surface area contributed by atoms with Crippen LogP contribution in [0.15, 0.2) is 24.3 Å². The van der Waals surface area contributed by atoms with Gasteiger partial charge in [-0.1, -0.05) is 26.0 Å². The predicted molar refractivity (Wildman–Crippen MR) is 83.6 cm³/mol. The van der Waals surface area contributed by atoms with E-state index in [1.54, 1.807) is 7.11 Å². The van der Waals surface area contributed by atoms with Gasteiger partial charge in [0, 0.05) is 38.6 Å². The molecule has 1 fully saturated rings. The summed E-state index contributed by atoms with van der Waals surface area (Å²) < 4.78 is 10.5. The van der Waals surface area contributed by atoms with Crippen LogP contribution in [0.4, 0.5) is 0 Å². The lowest BCUT2D eigenvalue weighted by Crippen LogP contribution is -2.46. The normalized spacial score (nSPS) is 19.5. The molecule has 0 spiro atoms. The van der Waals surface area contributed by atoms with Gasteiger partial charge in [0.05, 0.1) is 12.7 Å². The molecule has 2 rings (SSSR count). The Labute approximate surface area is 127 Å². The molecule has 0 aliphatic carbocycles. The molecule has 1 atom stereocenters. The molecule has 0 saturated carbocycles. The number of aliphatic hydroxyl groups is 1. The summed E-state index contributed by atoms with van der Waals surface area (Å²) in [4.78, 5) is 0. The standard InChI is InChI=1S/C17H27NO3/c1-13(2)16(14-4-6-15(20-3)7-5-14)18-12-17(19)8-10-21-11-9-17/h4-7,13,16,18-19H,8-12H2,1-3H3. The maximum Gasteiger partial charge on any atom is 0.118 e. The number of ether oxygens (including phenoxy) is 2. The smallest absolute Gasteiger partial charge is 0.118 e. The fourth-order valence-corrected chi connectivity index (χ4v) is 2.78. The summed E-state index contributed by atoms with van der Waals surface area (Å²) in [5, 5.41) is 14.1. The largest absolute Gasteiger partial charge is 0.497 e. The van der Waals surface area contributed by atoms with E-state index in [1.165, 1.54) is 5.56 Å². The van der Waals surface area contributed by atoms with Gasteiger partial charge in [-0.05, 0) is 23.6 Å². The zero-order chi connectivity index (χ0) is 15.3. The van der Waals surface area contributed by atoms with Crippen LogP contribution in [-0.2, 0) is 4.74 Å². The minimum absolute atomic E-state index is 0.225. The fourth-order valence-electron chi connectivity index (χ4n) is 2.78. The second-order valence-electron chi connectivity index (χ2n) is 6.21. The van der Waals surface area contributed by atoms with Crippen molar-refractivity contribution in [3.63, 3.8) is 0 Å². The topological polar surface area (TPSA) is 50.7 Å². The van der Waals surface area contributed by atoms with E-state index in [9.17, 15) is 5.11 Å². The molecule has 4 nitrogen and oxygen atoms in total. The van der Waals surface area contributed by atoms with Gasteiger partial charge in [0.25, 0.3) is 0 Å². The zero-order valence-electron chi connectivity index (χ0n) is 13.3. The van der Waals surface area contributed by atoms with Crippen LogP contribution in [-0.4, -0.2) is 37.6 Å². The summed E-state index contributed by atoms with van der Waals surface area (Å²) >= 11 is 0. The zero-order valence-corrected chi connectivity index (χ0v) is 13.3. The highest BCUT2D eigenvalue weighted by Crippen LogP contribution is 2.26. The summed E-state index contributed by atoms with van der Waals surface area (Å²) in [5.41, 5.74) is 0.583. The van der Waals surface area contributed by atoms with Gasteiger partial charge in [0.15, 0.2) is 0 Å². The van der Waals surface area contributed by atoms with E-state index >= 15 is 0 Å². The van der Waals surface area contributed by atoms with Gasteiger partial charge in [0.1, 0.15) is 5.75 Å². The lowest BCUT2D eigenvalue weighted by molar-refractivity contribution is -0.0634. The number of rotatable bonds is 6. The predicted octanol–water partition coefficient (Wildman–Crippen LogP) is 2.52. The van der Waals surface area contributed by atoms with Crippen LogP contribution in [0.25, 0.3) is 0 Å². The first kappa shape index (κ1) is 16.3. The first-order chi connectivity index (χ1) is 10.0. The fraction of sp³-hybridized carbons (Fsp3) is 0.647. The van der Waals surface area contributed by atoms with Crippen molar-refractivity contribution >= 4 is 0 Å². The molecule has 1 aromatic carbocycles. The lowest BCUT2D eigenvalue weighted by Gasteiger charge is -2.35. The van der Waals surface area contributed by atoms with Crippen LogP contribution < -0.4 is 10.1 Å². The summed E-state index contributed by atoms with van der Waals surface area (Å²) in [7, 11) is 1.67. The third-order valence-corrected chi connectivity index (χ3v) is 4.22. The summed E-state index contributed by atoms with van der Waals surface area (Å²) in [6, 6.07) is 8.36. The van der Waals surface area contributed by atoms with Gasteiger partial charge < -0.3 is 19.9 Å². The third kappa shape index (κ3) is 4.43. The Morgan fingerprint density at radius 3 is 2.38 bits per heavy atom. The monoisotopic (exact) mass is 293 g/mol. The van der Waals surface area contributed by atoms with Crippen molar-refractivity contribution in [1.82, 2.24) is 5.32 Å². The SMILES string of the molecule is COc1ccc(C(NCC2(O)CCOCC2)C(C)C)cc1. The Kier molecular flexibility index (Phi) is 5.62. The lowest BCUT2D eigenvalue weighted by atomic mass is 9.91. The van der Waals surface area contributed by atoms with E-state index in [-0.39, 0.29) is 6.04 Å². The molecule has 1 unspecified atom stereocenters. The molecule has 2 N–H and O–H groups in total.